The van der Waals surface area contributed by atoms with Gasteiger partial charge in [0.15, 0.2) is 0 Å². The SMILES string of the molecule is CC1(C)C(O)CC1NCc1cccc(O)c1. The zero-order valence-electron chi connectivity index (χ0n) is 9.77. The molecule has 1 aromatic carbocycles. The van der Waals surface area contributed by atoms with Crippen LogP contribution in [0.15, 0.2) is 24.3 Å². The highest BCUT2D eigenvalue weighted by molar-refractivity contribution is 5.27. The maximum absolute atomic E-state index is 9.61. The van der Waals surface area contributed by atoms with Gasteiger partial charge in [-0.05, 0) is 24.1 Å². The summed E-state index contributed by atoms with van der Waals surface area (Å²) in [5.74, 6) is 0.298. The Kier molecular flexibility index (Phi) is 2.91. The summed E-state index contributed by atoms with van der Waals surface area (Å²) in [5.41, 5.74) is 1.02. The lowest BCUT2D eigenvalue weighted by Gasteiger charge is -2.49. The largest absolute Gasteiger partial charge is 0.508 e. The Balaban J connectivity index is 1.89. The van der Waals surface area contributed by atoms with Crippen molar-refractivity contribution in [3.05, 3.63) is 29.8 Å². The molecule has 0 bridgehead atoms. The van der Waals surface area contributed by atoms with Gasteiger partial charge in [-0.2, -0.15) is 0 Å². The van der Waals surface area contributed by atoms with Crippen molar-refractivity contribution >= 4 is 0 Å². The average molecular weight is 221 g/mol. The molecule has 0 aliphatic heterocycles. The summed E-state index contributed by atoms with van der Waals surface area (Å²) in [6.45, 7) is 4.87. The van der Waals surface area contributed by atoms with E-state index in [-0.39, 0.29) is 11.5 Å². The minimum absolute atomic E-state index is 0.0448. The molecular weight excluding hydrogens is 202 g/mol. The van der Waals surface area contributed by atoms with Gasteiger partial charge in [0.2, 0.25) is 0 Å². The lowest BCUT2D eigenvalue weighted by atomic mass is 9.64. The van der Waals surface area contributed by atoms with Crippen LogP contribution in [0.1, 0.15) is 25.8 Å². The van der Waals surface area contributed by atoms with Gasteiger partial charge in [-0.25, -0.2) is 0 Å². The van der Waals surface area contributed by atoms with Gasteiger partial charge >= 0.3 is 0 Å². The van der Waals surface area contributed by atoms with Crippen molar-refractivity contribution in [3.8, 4) is 5.75 Å². The molecule has 2 unspecified atom stereocenters. The molecule has 1 aromatic rings. The van der Waals surface area contributed by atoms with E-state index in [9.17, 15) is 10.2 Å². The topological polar surface area (TPSA) is 52.5 Å². The first-order valence-corrected chi connectivity index (χ1v) is 5.69. The van der Waals surface area contributed by atoms with Gasteiger partial charge < -0.3 is 15.5 Å². The van der Waals surface area contributed by atoms with Crippen molar-refractivity contribution in [2.24, 2.45) is 5.41 Å². The van der Waals surface area contributed by atoms with Crippen LogP contribution in [0.25, 0.3) is 0 Å². The Morgan fingerprint density at radius 3 is 2.75 bits per heavy atom. The smallest absolute Gasteiger partial charge is 0.115 e. The van der Waals surface area contributed by atoms with Gasteiger partial charge in [0.25, 0.3) is 0 Å². The first kappa shape index (κ1) is 11.4. The van der Waals surface area contributed by atoms with Crippen LogP contribution in [0.2, 0.25) is 0 Å². The number of nitrogens with one attached hydrogen (secondary N) is 1. The van der Waals surface area contributed by atoms with Crippen LogP contribution in [0.4, 0.5) is 0 Å². The lowest BCUT2D eigenvalue weighted by Crippen LogP contribution is -2.59. The van der Waals surface area contributed by atoms with Gasteiger partial charge in [-0.3, -0.25) is 0 Å². The monoisotopic (exact) mass is 221 g/mol. The molecule has 16 heavy (non-hydrogen) atoms. The summed E-state index contributed by atoms with van der Waals surface area (Å²) < 4.78 is 0. The van der Waals surface area contributed by atoms with E-state index in [1.807, 2.05) is 12.1 Å². The minimum atomic E-state index is -0.200. The van der Waals surface area contributed by atoms with Crippen LogP contribution >= 0.6 is 0 Å². The molecule has 1 aliphatic rings. The van der Waals surface area contributed by atoms with Crippen molar-refractivity contribution in [2.45, 2.75) is 39.0 Å². The van der Waals surface area contributed by atoms with Crippen LogP contribution in [-0.2, 0) is 6.54 Å². The molecule has 1 fully saturated rings. The predicted molar refractivity (Wildman–Crippen MR) is 63.1 cm³/mol. The quantitative estimate of drug-likeness (QED) is 0.727. The Labute approximate surface area is 96.1 Å². The molecule has 0 spiro atoms. The summed E-state index contributed by atoms with van der Waals surface area (Å²) in [6, 6.07) is 7.60. The third-order valence-electron chi connectivity index (χ3n) is 3.68. The van der Waals surface area contributed by atoms with Crippen molar-refractivity contribution < 1.29 is 10.2 Å². The molecule has 2 rings (SSSR count). The number of benzene rings is 1. The summed E-state index contributed by atoms with van der Waals surface area (Å²) in [4.78, 5) is 0. The number of hydrogen-bond acceptors (Lipinski definition) is 3. The third kappa shape index (κ3) is 2.06. The fraction of sp³-hybridized carbons (Fsp3) is 0.538. The number of aliphatic hydroxyl groups is 1. The number of phenolic OH excluding ortho intramolecular Hbond substituents is 1. The molecule has 3 heteroatoms. The third-order valence-corrected chi connectivity index (χ3v) is 3.68. The fourth-order valence-corrected chi connectivity index (χ4v) is 2.16. The second-order valence-corrected chi connectivity index (χ2v) is 5.18. The normalized spacial score (nSPS) is 27.4. The van der Waals surface area contributed by atoms with E-state index >= 15 is 0 Å². The summed E-state index contributed by atoms with van der Waals surface area (Å²) in [7, 11) is 0. The van der Waals surface area contributed by atoms with E-state index in [1.165, 1.54) is 0 Å². The highest BCUT2D eigenvalue weighted by atomic mass is 16.3. The molecule has 0 heterocycles. The first-order valence-electron chi connectivity index (χ1n) is 5.69. The maximum atomic E-state index is 9.61. The highest BCUT2D eigenvalue weighted by Crippen LogP contribution is 2.40. The summed E-state index contributed by atoms with van der Waals surface area (Å²) >= 11 is 0. The van der Waals surface area contributed by atoms with E-state index in [0.29, 0.717) is 11.8 Å². The standard InChI is InChI=1S/C13H19NO2/c1-13(2)11(7-12(13)16)14-8-9-4-3-5-10(15)6-9/h3-6,11-12,14-16H,7-8H2,1-2H3. The molecule has 0 amide bonds. The molecule has 0 saturated heterocycles. The Hall–Kier alpha value is -1.06. The Morgan fingerprint density at radius 1 is 1.44 bits per heavy atom. The molecule has 3 nitrogen and oxygen atoms in total. The van der Waals surface area contributed by atoms with Crippen LogP contribution in [0.3, 0.4) is 0 Å². The maximum Gasteiger partial charge on any atom is 0.115 e. The average Bonchev–Trinajstić information content (AvgIpc) is 2.24. The Bertz CT molecular complexity index is 376. The van der Waals surface area contributed by atoms with Crippen molar-refractivity contribution in [3.63, 3.8) is 0 Å². The van der Waals surface area contributed by atoms with Crippen molar-refractivity contribution in [1.29, 1.82) is 0 Å². The van der Waals surface area contributed by atoms with Gasteiger partial charge in [0.05, 0.1) is 6.10 Å². The van der Waals surface area contributed by atoms with Crippen LogP contribution in [-0.4, -0.2) is 22.4 Å². The molecule has 0 aromatic heterocycles. The second-order valence-electron chi connectivity index (χ2n) is 5.18. The summed E-state index contributed by atoms with van der Waals surface area (Å²) in [6.07, 6.45) is 0.611. The molecule has 88 valence electrons. The fourth-order valence-electron chi connectivity index (χ4n) is 2.16. The van der Waals surface area contributed by atoms with E-state index in [0.717, 1.165) is 18.5 Å². The lowest BCUT2D eigenvalue weighted by molar-refractivity contribution is -0.0729. The zero-order valence-corrected chi connectivity index (χ0v) is 9.77. The predicted octanol–water partition coefficient (Wildman–Crippen LogP) is 1.64. The van der Waals surface area contributed by atoms with Gasteiger partial charge in [-0.1, -0.05) is 26.0 Å². The molecule has 3 N–H and O–H groups in total. The molecule has 0 radical (unpaired) electrons. The van der Waals surface area contributed by atoms with E-state index in [4.69, 9.17) is 0 Å². The van der Waals surface area contributed by atoms with Gasteiger partial charge in [0.1, 0.15) is 5.75 Å². The highest BCUT2D eigenvalue weighted by Gasteiger charge is 2.46. The van der Waals surface area contributed by atoms with Gasteiger partial charge in [-0.15, -0.1) is 0 Å². The Morgan fingerprint density at radius 2 is 2.19 bits per heavy atom. The molecule has 1 saturated carbocycles. The molecular formula is C13H19NO2. The van der Waals surface area contributed by atoms with Crippen LogP contribution in [0, 0.1) is 5.41 Å². The molecule has 1 aliphatic carbocycles. The van der Waals surface area contributed by atoms with Gasteiger partial charge in [0, 0.05) is 18.0 Å². The van der Waals surface area contributed by atoms with E-state index < -0.39 is 0 Å². The number of aromatic hydroxyl groups is 1. The number of rotatable bonds is 3. The van der Waals surface area contributed by atoms with E-state index in [2.05, 4.69) is 19.2 Å². The van der Waals surface area contributed by atoms with Crippen LogP contribution in [0.5, 0.6) is 5.75 Å². The number of phenols is 1. The minimum Gasteiger partial charge on any atom is -0.508 e. The van der Waals surface area contributed by atoms with Crippen molar-refractivity contribution in [1.82, 2.24) is 5.32 Å². The van der Waals surface area contributed by atoms with E-state index in [1.54, 1.807) is 12.1 Å². The number of aliphatic hydroxyl groups excluding tert-OH is 1. The van der Waals surface area contributed by atoms with Crippen molar-refractivity contribution in [2.75, 3.05) is 0 Å². The second kappa shape index (κ2) is 4.07. The number of hydrogen-bond donors (Lipinski definition) is 3. The zero-order chi connectivity index (χ0) is 11.8. The summed E-state index contributed by atoms with van der Waals surface area (Å²) in [5, 5.41) is 22.3. The first-order chi connectivity index (χ1) is 7.50. The molecule has 2 atom stereocenters. The van der Waals surface area contributed by atoms with Crippen LogP contribution < -0.4 is 5.32 Å².